The molecule has 0 fully saturated rings. The van der Waals surface area contributed by atoms with Gasteiger partial charge in [-0.25, -0.2) is 0 Å². The summed E-state index contributed by atoms with van der Waals surface area (Å²) in [5.41, 5.74) is 3.18. The lowest BCUT2D eigenvalue weighted by Gasteiger charge is -2.19. The monoisotopic (exact) mass is 219 g/mol. The molecule has 0 unspecified atom stereocenters. The van der Waals surface area contributed by atoms with Crippen molar-refractivity contribution in [1.29, 1.82) is 5.41 Å². The largest absolute Gasteiger partial charge is 0.385 e. The highest BCUT2D eigenvalue weighted by molar-refractivity contribution is 5.88. The third kappa shape index (κ3) is 3.46. The summed E-state index contributed by atoms with van der Waals surface area (Å²) in [4.78, 5) is 0. The van der Waals surface area contributed by atoms with Crippen LogP contribution in [0.2, 0.25) is 0 Å². The molecule has 0 radical (unpaired) electrons. The molecule has 88 valence electrons. The summed E-state index contributed by atoms with van der Waals surface area (Å²) in [6.45, 7) is 7.49. The molecule has 0 atom stereocenters. The number of hydrogen-bond donors (Lipinski definition) is 2. The van der Waals surface area contributed by atoms with Gasteiger partial charge in [-0.15, -0.1) is 0 Å². The third-order valence-corrected chi connectivity index (χ3v) is 2.89. The Morgan fingerprint density at radius 3 is 2.50 bits per heavy atom. The summed E-state index contributed by atoms with van der Waals surface area (Å²) in [7, 11) is 0. The smallest absolute Gasteiger partial charge is 0.0963 e. The summed E-state index contributed by atoms with van der Waals surface area (Å²) in [5.74, 6) is 0. The highest BCUT2D eigenvalue weighted by atomic mass is 16.3. The molecule has 1 aromatic carbocycles. The predicted molar refractivity (Wildman–Crippen MR) is 68.3 cm³/mol. The molecule has 0 aliphatic heterocycles. The first-order valence-electron chi connectivity index (χ1n) is 5.67. The molecule has 0 aliphatic carbocycles. The first-order valence-corrected chi connectivity index (χ1v) is 5.67. The fraction of sp³-hybridized carbons (Fsp3) is 0.500. The lowest BCUT2D eigenvalue weighted by molar-refractivity contribution is 0.150. The van der Waals surface area contributed by atoms with Gasteiger partial charge in [-0.05, 0) is 51.7 Å². The molecule has 2 heteroatoms. The molecule has 16 heavy (non-hydrogen) atoms. The summed E-state index contributed by atoms with van der Waals surface area (Å²) < 4.78 is 0. The molecule has 1 aromatic rings. The molecule has 0 saturated heterocycles. The van der Waals surface area contributed by atoms with Gasteiger partial charge in [0.15, 0.2) is 0 Å². The van der Waals surface area contributed by atoms with Gasteiger partial charge in [-0.3, -0.25) is 0 Å². The molecule has 0 aliphatic rings. The van der Waals surface area contributed by atoms with E-state index in [4.69, 9.17) is 5.41 Å². The molecule has 0 heterocycles. The first kappa shape index (κ1) is 12.9. The van der Waals surface area contributed by atoms with E-state index in [-0.39, 0.29) is 0 Å². The number of rotatable bonds is 4. The van der Waals surface area contributed by atoms with Crippen molar-refractivity contribution in [2.24, 2.45) is 0 Å². The van der Waals surface area contributed by atoms with E-state index >= 15 is 0 Å². The lowest BCUT2D eigenvalue weighted by atomic mass is 9.94. The van der Waals surface area contributed by atoms with Gasteiger partial charge < -0.3 is 10.5 Å². The van der Waals surface area contributed by atoms with Crippen molar-refractivity contribution in [3.63, 3.8) is 0 Å². The average molecular weight is 219 g/mol. The zero-order valence-electron chi connectivity index (χ0n) is 10.6. The molecule has 0 saturated carbocycles. The van der Waals surface area contributed by atoms with Crippen LogP contribution in [0.1, 0.15) is 37.0 Å². The van der Waals surface area contributed by atoms with Gasteiger partial charge in [0.25, 0.3) is 0 Å². The van der Waals surface area contributed by atoms with Crippen LogP contribution in [0.15, 0.2) is 18.2 Å². The average Bonchev–Trinajstić information content (AvgIpc) is 2.17. The van der Waals surface area contributed by atoms with Gasteiger partial charge in [-0.1, -0.05) is 23.8 Å². The predicted octanol–water partition coefficient (Wildman–Crippen LogP) is 3.03. The van der Waals surface area contributed by atoms with Crippen LogP contribution in [0.3, 0.4) is 0 Å². The Bertz CT molecular complexity index is 388. The number of aryl methyl sites for hydroxylation is 3. The molecule has 0 aromatic heterocycles. The standard InChI is InChI=1S/C14H21NO/c1-10-5-6-11(2)12(9-10)7-8-13(15)14(3,4)16/h5-6,9,15-16H,7-8H2,1-4H3. The molecule has 2 nitrogen and oxygen atoms in total. The Morgan fingerprint density at radius 2 is 1.94 bits per heavy atom. The van der Waals surface area contributed by atoms with Crippen LogP contribution in [0.4, 0.5) is 0 Å². The van der Waals surface area contributed by atoms with Crippen molar-refractivity contribution in [3.05, 3.63) is 34.9 Å². The van der Waals surface area contributed by atoms with E-state index in [2.05, 4.69) is 32.0 Å². The van der Waals surface area contributed by atoms with E-state index in [1.807, 2.05) is 0 Å². The molecular weight excluding hydrogens is 198 g/mol. The normalized spacial score (nSPS) is 11.6. The number of hydrogen-bond acceptors (Lipinski definition) is 2. The Morgan fingerprint density at radius 1 is 1.31 bits per heavy atom. The van der Waals surface area contributed by atoms with Crippen LogP contribution in [0.25, 0.3) is 0 Å². The van der Waals surface area contributed by atoms with Gasteiger partial charge >= 0.3 is 0 Å². The molecule has 0 bridgehead atoms. The zero-order chi connectivity index (χ0) is 12.3. The lowest BCUT2D eigenvalue weighted by Crippen LogP contribution is -2.30. The van der Waals surface area contributed by atoms with Crippen LogP contribution in [-0.4, -0.2) is 16.4 Å². The fourth-order valence-corrected chi connectivity index (χ4v) is 1.64. The minimum Gasteiger partial charge on any atom is -0.385 e. The van der Waals surface area contributed by atoms with Crippen LogP contribution in [-0.2, 0) is 6.42 Å². The van der Waals surface area contributed by atoms with Crippen molar-refractivity contribution in [3.8, 4) is 0 Å². The first-order chi connectivity index (χ1) is 7.30. The van der Waals surface area contributed by atoms with Gasteiger partial charge in [-0.2, -0.15) is 0 Å². The summed E-state index contributed by atoms with van der Waals surface area (Å²) in [6, 6.07) is 6.37. The highest BCUT2D eigenvalue weighted by Crippen LogP contribution is 2.15. The van der Waals surface area contributed by atoms with Gasteiger partial charge in [0.1, 0.15) is 0 Å². The Hall–Kier alpha value is -1.15. The Balaban J connectivity index is 2.68. The van der Waals surface area contributed by atoms with E-state index in [9.17, 15) is 5.11 Å². The Labute approximate surface area is 97.8 Å². The minimum atomic E-state index is -0.988. The van der Waals surface area contributed by atoms with Crippen molar-refractivity contribution < 1.29 is 5.11 Å². The van der Waals surface area contributed by atoms with Gasteiger partial charge in [0.05, 0.1) is 5.60 Å². The quantitative estimate of drug-likeness (QED) is 0.751. The van der Waals surface area contributed by atoms with Crippen molar-refractivity contribution in [2.75, 3.05) is 0 Å². The summed E-state index contributed by atoms with van der Waals surface area (Å²) in [6.07, 6.45) is 1.45. The molecule has 0 spiro atoms. The van der Waals surface area contributed by atoms with Crippen LogP contribution in [0, 0.1) is 19.3 Å². The topological polar surface area (TPSA) is 44.1 Å². The summed E-state index contributed by atoms with van der Waals surface area (Å²) in [5, 5.41) is 17.4. The second-order valence-electron chi connectivity index (χ2n) is 4.97. The van der Waals surface area contributed by atoms with Crippen LogP contribution in [0.5, 0.6) is 0 Å². The van der Waals surface area contributed by atoms with E-state index in [0.717, 1.165) is 6.42 Å². The minimum absolute atomic E-state index is 0.397. The maximum Gasteiger partial charge on any atom is 0.0963 e. The number of aliphatic hydroxyl groups is 1. The Kier molecular flexibility index (Phi) is 3.87. The third-order valence-electron chi connectivity index (χ3n) is 2.89. The second kappa shape index (κ2) is 4.79. The van der Waals surface area contributed by atoms with E-state index in [1.165, 1.54) is 16.7 Å². The van der Waals surface area contributed by atoms with E-state index < -0.39 is 5.60 Å². The molecule has 0 amide bonds. The second-order valence-corrected chi connectivity index (χ2v) is 4.97. The molecular formula is C14H21NO. The molecule has 1 rings (SSSR count). The maximum atomic E-state index is 9.66. The van der Waals surface area contributed by atoms with Gasteiger partial charge in [0.2, 0.25) is 0 Å². The van der Waals surface area contributed by atoms with Crippen LogP contribution >= 0.6 is 0 Å². The SMILES string of the molecule is Cc1ccc(C)c(CCC(=N)C(C)(C)O)c1. The van der Waals surface area contributed by atoms with Gasteiger partial charge in [0, 0.05) is 5.71 Å². The summed E-state index contributed by atoms with van der Waals surface area (Å²) >= 11 is 0. The van der Waals surface area contributed by atoms with Crippen molar-refractivity contribution in [1.82, 2.24) is 0 Å². The maximum absolute atomic E-state index is 9.66. The van der Waals surface area contributed by atoms with Crippen molar-refractivity contribution in [2.45, 2.75) is 46.1 Å². The molecule has 2 N–H and O–H groups in total. The number of nitrogens with one attached hydrogen (secondary N) is 1. The van der Waals surface area contributed by atoms with Crippen LogP contribution < -0.4 is 0 Å². The zero-order valence-corrected chi connectivity index (χ0v) is 10.6. The fourth-order valence-electron chi connectivity index (χ4n) is 1.64. The highest BCUT2D eigenvalue weighted by Gasteiger charge is 2.19. The van der Waals surface area contributed by atoms with Crippen molar-refractivity contribution >= 4 is 5.71 Å². The number of benzene rings is 1. The van der Waals surface area contributed by atoms with E-state index in [0.29, 0.717) is 12.1 Å². The van der Waals surface area contributed by atoms with E-state index in [1.54, 1.807) is 13.8 Å².